The predicted molar refractivity (Wildman–Crippen MR) is 106 cm³/mol. The average molecular weight is 412 g/mol. The molecule has 0 radical (unpaired) electrons. The Bertz CT molecular complexity index is 742. The number of hydrogen-bond donors (Lipinski definition) is 2. The van der Waals surface area contributed by atoms with Crippen molar-refractivity contribution in [1.82, 2.24) is 5.32 Å². The largest absolute Gasteiger partial charge is 0.492 e. The van der Waals surface area contributed by atoms with Gasteiger partial charge in [-0.1, -0.05) is 30.1 Å². The van der Waals surface area contributed by atoms with Crippen LogP contribution in [-0.2, 0) is 4.79 Å². The number of carbonyl (C=O) groups is 1. The van der Waals surface area contributed by atoms with E-state index >= 15 is 0 Å². The molecule has 5 unspecified atom stereocenters. The van der Waals surface area contributed by atoms with E-state index in [2.05, 4.69) is 12.2 Å². The summed E-state index contributed by atoms with van der Waals surface area (Å²) in [6.07, 6.45) is 5.92. The standard InChI is InChI=1S/C21H27Cl2NO3/c1-20-9-13-7-14(11-21(26,10-13)12-20)19(20)24-18(25)3-2-6-27-17-5-4-15(22)8-16(17)23/h4-5,8,13-14,19,26H,2-3,6-7,9-12H2,1H3,(H,24,25). The molecule has 4 saturated carbocycles. The number of aliphatic hydroxyl groups is 1. The zero-order valence-corrected chi connectivity index (χ0v) is 17.2. The van der Waals surface area contributed by atoms with Crippen molar-refractivity contribution in [1.29, 1.82) is 0 Å². The number of rotatable bonds is 6. The van der Waals surface area contributed by atoms with Crippen molar-refractivity contribution in [2.24, 2.45) is 17.3 Å². The third-order valence-corrected chi connectivity index (χ3v) is 7.20. The summed E-state index contributed by atoms with van der Waals surface area (Å²) in [6.45, 7) is 2.67. The molecule has 148 valence electrons. The molecule has 1 aromatic carbocycles. The van der Waals surface area contributed by atoms with E-state index in [1.54, 1.807) is 18.2 Å². The van der Waals surface area contributed by atoms with Crippen LogP contribution < -0.4 is 10.1 Å². The van der Waals surface area contributed by atoms with Crippen LogP contribution in [0.5, 0.6) is 5.75 Å². The first-order valence-corrected chi connectivity index (χ1v) is 10.6. The predicted octanol–water partition coefficient (Wildman–Crippen LogP) is 4.60. The summed E-state index contributed by atoms with van der Waals surface area (Å²) in [5.74, 6) is 1.70. The molecule has 0 saturated heterocycles. The van der Waals surface area contributed by atoms with Crippen molar-refractivity contribution >= 4 is 29.1 Å². The third-order valence-electron chi connectivity index (χ3n) is 6.67. The summed E-state index contributed by atoms with van der Waals surface area (Å²) in [4.78, 5) is 12.5. The molecule has 5 atom stereocenters. The van der Waals surface area contributed by atoms with Crippen LogP contribution in [0.25, 0.3) is 0 Å². The van der Waals surface area contributed by atoms with Crippen LogP contribution in [0.15, 0.2) is 18.2 Å². The summed E-state index contributed by atoms with van der Waals surface area (Å²) < 4.78 is 5.66. The van der Waals surface area contributed by atoms with Gasteiger partial charge in [-0.05, 0) is 74.0 Å². The number of benzene rings is 1. The second-order valence-electron chi connectivity index (χ2n) is 9.10. The van der Waals surface area contributed by atoms with E-state index in [-0.39, 0.29) is 17.4 Å². The highest BCUT2D eigenvalue weighted by atomic mass is 35.5. The molecule has 4 nitrogen and oxygen atoms in total. The Morgan fingerprint density at radius 3 is 2.85 bits per heavy atom. The number of nitrogens with one attached hydrogen (secondary N) is 1. The molecule has 0 aromatic heterocycles. The van der Waals surface area contributed by atoms with Gasteiger partial charge in [-0.25, -0.2) is 0 Å². The molecular weight excluding hydrogens is 385 g/mol. The zero-order valence-electron chi connectivity index (χ0n) is 15.6. The van der Waals surface area contributed by atoms with Gasteiger partial charge in [0.2, 0.25) is 5.91 Å². The summed E-state index contributed by atoms with van der Waals surface area (Å²) in [7, 11) is 0. The van der Waals surface area contributed by atoms with E-state index in [1.165, 1.54) is 0 Å². The molecule has 27 heavy (non-hydrogen) atoms. The van der Waals surface area contributed by atoms with Gasteiger partial charge < -0.3 is 15.2 Å². The lowest BCUT2D eigenvalue weighted by atomic mass is 9.46. The van der Waals surface area contributed by atoms with Crippen molar-refractivity contribution in [2.75, 3.05) is 6.61 Å². The number of carbonyl (C=O) groups excluding carboxylic acids is 1. The van der Waals surface area contributed by atoms with Crippen molar-refractivity contribution in [3.8, 4) is 5.75 Å². The van der Waals surface area contributed by atoms with Gasteiger partial charge in [0.15, 0.2) is 0 Å². The van der Waals surface area contributed by atoms with E-state index in [4.69, 9.17) is 27.9 Å². The number of amides is 1. The molecule has 4 aliphatic rings. The van der Waals surface area contributed by atoms with Gasteiger partial charge in [-0.3, -0.25) is 4.79 Å². The minimum atomic E-state index is -0.493. The van der Waals surface area contributed by atoms with Crippen LogP contribution in [0.3, 0.4) is 0 Å². The molecule has 2 N–H and O–H groups in total. The molecule has 6 heteroatoms. The van der Waals surface area contributed by atoms with Crippen molar-refractivity contribution in [2.45, 2.75) is 63.5 Å². The Kier molecular flexibility index (Phi) is 5.11. The molecule has 0 heterocycles. The third kappa shape index (κ3) is 3.94. The van der Waals surface area contributed by atoms with Crippen molar-refractivity contribution < 1.29 is 14.6 Å². The van der Waals surface area contributed by atoms with E-state index in [0.717, 1.165) is 32.1 Å². The van der Waals surface area contributed by atoms with E-state index in [1.807, 2.05) is 0 Å². The quantitative estimate of drug-likeness (QED) is 0.672. The molecule has 0 spiro atoms. The van der Waals surface area contributed by atoms with Gasteiger partial charge in [0, 0.05) is 17.5 Å². The Morgan fingerprint density at radius 1 is 1.33 bits per heavy atom. The normalized spacial score (nSPS) is 36.7. The Morgan fingerprint density at radius 2 is 2.15 bits per heavy atom. The number of ether oxygens (including phenoxy) is 1. The summed E-state index contributed by atoms with van der Waals surface area (Å²) in [5.41, 5.74) is -0.463. The van der Waals surface area contributed by atoms with Crippen molar-refractivity contribution in [3.63, 3.8) is 0 Å². The van der Waals surface area contributed by atoms with Crippen LogP contribution in [0.1, 0.15) is 51.9 Å². The highest BCUT2D eigenvalue weighted by Crippen LogP contribution is 2.61. The minimum Gasteiger partial charge on any atom is -0.492 e. The fourth-order valence-electron chi connectivity index (χ4n) is 6.09. The van der Waals surface area contributed by atoms with Crippen LogP contribution in [0.4, 0.5) is 0 Å². The maximum absolute atomic E-state index is 12.5. The first-order valence-electron chi connectivity index (χ1n) is 9.86. The summed E-state index contributed by atoms with van der Waals surface area (Å²) in [5, 5.41) is 15.1. The van der Waals surface area contributed by atoms with Crippen LogP contribution in [0, 0.1) is 17.3 Å². The van der Waals surface area contributed by atoms with Gasteiger partial charge >= 0.3 is 0 Å². The van der Waals surface area contributed by atoms with Crippen LogP contribution >= 0.6 is 23.2 Å². The second-order valence-corrected chi connectivity index (χ2v) is 9.94. The molecule has 1 amide bonds. The first-order chi connectivity index (χ1) is 12.8. The maximum atomic E-state index is 12.5. The smallest absolute Gasteiger partial charge is 0.220 e. The average Bonchev–Trinajstić information content (AvgIpc) is 2.54. The van der Waals surface area contributed by atoms with Crippen LogP contribution in [-0.4, -0.2) is 29.3 Å². The number of halogens is 2. The lowest BCUT2D eigenvalue weighted by Gasteiger charge is -2.63. The number of hydrogen-bond acceptors (Lipinski definition) is 3. The van der Waals surface area contributed by atoms with Gasteiger partial charge in [0.25, 0.3) is 0 Å². The van der Waals surface area contributed by atoms with Gasteiger partial charge in [0.05, 0.1) is 17.2 Å². The molecule has 1 aromatic rings. The molecule has 4 bridgehead atoms. The van der Waals surface area contributed by atoms with Gasteiger partial charge in [0.1, 0.15) is 5.75 Å². The lowest BCUT2D eigenvalue weighted by Crippen LogP contribution is -2.66. The first kappa shape index (κ1) is 19.4. The van der Waals surface area contributed by atoms with E-state index < -0.39 is 5.60 Å². The molecular formula is C21H27Cl2NO3. The lowest BCUT2D eigenvalue weighted by molar-refractivity contribution is -0.176. The zero-order chi connectivity index (χ0) is 19.2. The highest BCUT2D eigenvalue weighted by molar-refractivity contribution is 6.35. The molecule has 5 rings (SSSR count). The Hall–Kier alpha value is -0.970. The van der Waals surface area contributed by atoms with Gasteiger partial charge in [-0.15, -0.1) is 0 Å². The Labute approximate surface area is 170 Å². The van der Waals surface area contributed by atoms with E-state index in [9.17, 15) is 9.90 Å². The maximum Gasteiger partial charge on any atom is 0.220 e. The van der Waals surface area contributed by atoms with Gasteiger partial charge in [-0.2, -0.15) is 0 Å². The fourth-order valence-corrected chi connectivity index (χ4v) is 6.55. The topological polar surface area (TPSA) is 58.6 Å². The minimum absolute atomic E-state index is 0.0296. The second kappa shape index (κ2) is 7.13. The SMILES string of the molecule is CC12CC3CC(CC(O)(C3)C1)C2NC(=O)CCCOc1ccc(Cl)cc1Cl. The molecule has 4 aliphatic carbocycles. The molecule has 0 aliphatic heterocycles. The fraction of sp³-hybridized carbons (Fsp3) is 0.667. The summed E-state index contributed by atoms with van der Waals surface area (Å²) >= 11 is 12.0. The summed E-state index contributed by atoms with van der Waals surface area (Å²) in [6, 6.07) is 5.31. The molecule has 4 fully saturated rings. The monoisotopic (exact) mass is 411 g/mol. The van der Waals surface area contributed by atoms with E-state index in [0.29, 0.717) is 47.1 Å². The highest BCUT2D eigenvalue weighted by Gasteiger charge is 2.60. The van der Waals surface area contributed by atoms with Crippen LogP contribution in [0.2, 0.25) is 10.0 Å². The Balaban J connectivity index is 1.26. The van der Waals surface area contributed by atoms with Crippen molar-refractivity contribution in [3.05, 3.63) is 28.2 Å².